The second kappa shape index (κ2) is 8.08. The molecule has 0 saturated heterocycles. The van der Waals surface area contributed by atoms with Gasteiger partial charge in [0, 0.05) is 30.2 Å². The lowest BCUT2D eigenvalue weighted by molar-refractivity contribution is 0.125. The fourth-order valence-electron chi connectivity index (χ4n) is 2.14. The molecule has 0 fully saturated rings. The average Bonchev–Trinajstić information content (AvgIpc) is 2.91. The number of rotatable bonds is 7. The highest BCUT2D eigenvalue weighted by Crippen LogP contribution is 2.32. The topological polar surface area (TPSA) is 47.3 Å². The van der Waals surface area contributed by atoms with Gasteiger partial charge in [-0.05, 0) is 36.1 Å². The number of aliphatic hydroxyl groups is 1. The molecule has 126 valence electrons. The van der Waals surface area contributed by atoms with E-state index in [4.69, 9.17) is 16.3 Å². The summed E-state index contributed by atoms with van der Waals surface area (Å²) in [5.74, 6) is 1.64. The lowest BCUT2D eigenvalue weighted by Crippen LogP contribution is -2.21. The van der Waals surface area contributed by atoms with Crippen molar-refractivity contribution in [3.63, 3.8) is 0 Å². The van der Waals surface area contributed by atoms with Gasteiger partial charge in [-0.15, -0.1) is 0 Å². The molecule has 23 heavy (non-hydrogen) atoms. The number of aromatic nitrogens is 2. The van der Waals surface area contributed by atoms with Gasteiger partial charge in [0.25, 0.3) is 0 Å². The van der Waals surface area contributed by atoms with E-state index in [9.17, 15) is 5.11 Å². The fraction of sp³-hybridized carbons (Fsp3) is 0.471. The summed E-state index contributed by atoms with van der Waals surface area (Å²) in [5.41, 5.74) is 2.03. The minimum atomic E-state index is -0.562. The normalized spacial score (nSPS) is 12.7. The van der Waals surface area contributed by atoms with Crippen LogP contribution in [-0.2, 0) is 7.05 Å². The number of ether oxygens (including phenoxy) is 1. The predicted octanol–water partition coefficient (Wildman–Crippen LogP) is 4.04. The van der Waals surface area contributed by atoms with Crippen molar-refractivity contribution in [1.82, 2.24) is 9.55 Å². The fourth-order valence-corrected chi connectivity index (χ4v) is 3.15. The van der Waals surface area contributed by atoms with Crippen LogP contribution < -0.4 is 4.74 Å². The average molecular weight is 355 g/mol. The second-order valence-electron chi connectivity index (χ2n) is 5.89. The molecule has 0 aliphatic rings. The first-order valence-corrected chi connectivity index (χ1v) is 8.96. The van der Waals surface area contributed by atoms with Crippen LogP contribution in [0.1, 0.15) is 30.9 Å². The molecule has 0 saturated carbocycles. The molecular formula is C17H23ClN2O2S. The van der Waals surface area contributed by atoms with Crippen molar-refractivity contribution in [3.8, 4) is 5.75 Å². The minimum absolute atomic E-state index is 0.248. The highest BCUT2D eigenvalue weighted by Gasteiger charge is 2.14. The van der Waals surface area contributed by atoms with E-state index in [1.165, 1.54) is 11.8 Å². The van der Waals surface area contributed by atoms with Crippen LogP contribution in [0.25, 0.3) is 0 Å². The molecule has 0 radical (unpaired) electrons. The Morgan fingerprint density at radius 1 is 1.39 bits per heavy atom. The SMILES string of the molecule is Cc1cc(OCC(O)CSc2nccn2C)c(C(C)C)cc1Cl. The van der Waals surface area contributed by atoms with E-state index in [-0.39, 0.29) is 6.61 Å². The molecular weight excluding hydrogens is 332 g/mol. The van der Waals surface area contributed by atoms with Crippen LogP contribution in [0.4, 0.5) is 0 Å². The number of aliphatic hydroxyl groups excluding tert-OH is 1. The summed E-state index contributed by atoms with van der Waals surface area (Å²) in [6.07, 6.45) is 3.07. The summed E-state index contributed by atoms with van der Waals surface area (Å²) in [5, 5.41) is 11.8. The third-order valence-electron chi connectivity index (χ3n) is 3.53. The summed E-state index contributed by atoms with van der Waals surface area (Å²) < 4.78 is 7.78. The zero-order chi connectivity index (χ0) is 17.0. The van der Waals surface area contributed by atoms with E-state index in [0.29, 0.717) is 11.7 Å². The molecule has 1 N–H and O–H groups in total. The van der Waals surface area contributed by atoms with Crippen molar-refractivity contribution in [1.29, 1.82) is 0 Å². The van der Waals surface area contributed by atoms with Gasteiger partial charge in [0.05, 0.1) is 6.10 Å². The van der Waals surface area contributed by atoms with Gasteiger partial charge in [-0.1, -0.05) is 37.2 Å². The van der Waals surface area contributed by atoms with E-state index in [1.54, 1.807) is 6.20 Å². The zero-order valence-corrected chi connectivity index (χ0v) is 15.5. The third-order valence-corrected chi connectivity index (χ3v) is 5.14. The number of benzene rings is 1. The lowest BCUT2D eigenvalue weighted by atomic mass is 10.0. The van der Waals surface area contributed by atoms with Crippen LogP contribution in [-0.4, -0.2) is 33.1 Å². The molecule has 1 unspecified atom stereocenters. The van der Waals surface area contributed by atoms with Crippen LogP contribution in [0.5, 0.6) is 5.75 Å². The Balaban J connectivity index is 1.94. The summed E-state index contributed by atoms with van der Waals surface area (Å²) >= 11 is 7.71. The molecule has 0 bridgehead atoms. The van der Waals surface area contributed by atoms with Crippen molar-refractivity contribution in [3.05, 3.63) is 40.7 Å². The van der Waals surface area contributed by atoms with E-state index >= 15 is 0 Å². The smallest absolute Gasteiger partial charge is 0.167 e. The first-order chi connectivity index (χ1) is 10.9. The van der Waals surface area contributed by atoms with Gasteiger partial charge < -0.3 is 14.4 Å². The van der Waals surface area contributed by atoms with Gasteiger partial charge in [-0.2, -0.15) is 0 Å². The highest BCUT2D eigenvalue weighted by molar-refractivity contribution is 7.99. The van der Waals surface area contributed by atoms with Gasteiger partial charge in [0.1, 0.15) is 12.4 Å². The summed E-state index contributed by atoms with van der Waals surface area (Å²) in [4.78, 5) is 4.22. The number of halogens is 1. The lowest BCUT2D eigenvalue weighted by Gasteiger charge is -2.18. The monoisotopic (exact) mass is 354 g/mol. The quantitative estimate of drug-likeness (QED) is 0.762. The van der Waals surface area contributed by atoms with Crippen LogP contribution >= 0.6 is 23.4 Å². The number of nitrogens with zero attached hydrogens (tertiary/aromatic N) is 2. The maximum atomic E-state index is 10.1. The molecule has 0 aliphatic carbocycles. The zero-order valence-electron chi connectivity index (χ0n) is 13.9. The summed E-state index contributed by atoms with van der Waals surface area (Å²) in [6, 6.07) is 3.89. The van der Waals surface area contributed by atoms with E-state index in [0.717, 1.165) is 27.1 Å². The largest absolute Gasteiger partial charge is 0.491 e. The molecule has 1 atom stereocenters. The molecule has 6 heteroatoms. The Bertz CT molecular complexity index is 658. The Labute approximate surface area is 146 Å². The number of hydrogen-bond donors (Lipinski definition) is 1. The van der Waals surface area contributed by atoms with Crippen LogP contribution in [0.15, 0.2) is 29.7 Å². The Morgan fingerprint density at radius 2 is 2.13 bits per heavy atom. The van der Waals surface area contributed by atoms with Crippen molar-refractivity contribution in [2.45, 2.75) is 37.9 Å². The molecule has 4 nitrogen and oxygen atoms in total. The molecule has 1 heterocycles. The van der Waals surface area contributed by atoms with Gasteiger partial charge in [0.2, 0.25) is 0 Å². The first-order valence-electron chi connectivity index (χ1n) is 7.59. The third kappa shape index (κ3) is 4.90. The number of hydrogen-bond acceptors (Lipinski definition) is 4. The molecule has 2 aromatic rings. The van der Waals surface area contributed by atoms with Gasteiger partial charge in [0.15, 0.2) is 5.16 Å². The van der Waals surface area contributed by atoms with E-state index in [2.05, 4.69) is 18.8 Å². The van der Waals surface area contributed by atoms with Crippen LogP contribution in [0.3, 0.4) is 0 Å². The standard InChI is InChI=1S/C17H23ClN2O2S/c1-11(2)14-8-15(18)12(3)7-16(14)22-9-13(21)10-23-17-19-5-6-20(17)4/h5-8,11,13,21H,9-10H2,1-4H3. The molecule has 0 spiro atoms. The van der Waals surface area contributed by atoms with Crippen molar-refractivity contribution < 1.29 is 9.84 Å². The highest BCUT2D eigenvalue weighted by atomic mass is 35.5. The van der Waals surface area contributed by atoms with Crippen molar-refractivity contribution >= 4 is 23.4 Å². The maximum Gasteiger partial charge on any atom is 0.167 e. The van der Waals surface area contributed by atoms with E-state index in [1.807, 2.05) is 36.9 Å². The van der Waals surface area contributed by atoms with Crippen LogP contribution in [0, 0.1) is 6.92 Å². The number of imidazole rings is 1. The molecule has 1 aromatic carbocycles. The Hall–Kier alpha value is -1.17. The van der Waals surface area contributed by atoms with E-state index < -0.39 is 6.10 Å². The molecule has 2 rings (SSSR count). The van der Waals surface area contributed by atoms with Crippen molar-refractivity contribution in [2.75, 3.05) is 12.4 Å². The molecule has 0 aliphatic heterocycles. The van der Waals surface area contributed by atoms with Crippen molar-refractivity contribution in [2.24, 2.45) is 7.05 Å². The summed E-state index contributed by atoms with van der Waals surface area (Å²) in [7, 11) is 1.93. The van der Waals surface area contributed by atoms with Gasteiger partial charge >= 0.3 is 0 Å². The number of aryl methyl sites for hydroxylation is 2. The summed E-state index contributed by atoms with van der Waals surface area (Å²) in [6.45, 7) is 6.40. The minimum Gasteiger partial charge on any atom is -0.491 e. The van der Waals surface area contributed by atoms with Gasteiger partial charge in [-0.25, -0.2) is 4.98 Å². The molecule has 1 aromatic heterocycles. The predicted molar refractivity (Wildman–Crippen MR) is 95.7 cm³/mol. The van der Waals surface area contributed by atoms with Gasteiger partial charge in [-0.3, -0.25) is 0 Å². The molecule has 0 amide bonds. The number of thioether (sulfide) groups is 1. The first kappa shape index (κ1) is 18.2. The maximum absolute atomic E-state index is 10.1. The Kier molecular flexibility index (Phi) is 6.39. The Morgan fingerprint density at radius 3 is 2.74 bits per heavy atom. The van der Waals surface area contributed by atoms with Crippen LogP contribution in [0.2, 0.25) is 5.02 Å². The second-order valence-corrected chi connectivity index (χ2v) is 7.28.